The van der Waals surface area contributed by atoms with Crippen LogP contribution in [0, 0.1) is 0 Å². The molecule has 1 heterocycles. The van der Waals surface area contributed by atoms with Gasteiger partial charge in [0.05, 0.1) is 11.3 Å². The lowest BCUT2D eigenvalue weighted by molar-refractivity contribution is -0.116. The van der Waals surface area contributed by atoms with Gasteiger partial charge >= 0.3 is 0 Å². The third kappa shape index (κ3) is 4.44. The molecule has 6 heteroatoms. The summed E-state index contributed by atoms with van der Waals surface area (Å²) in [6.07, 6.45) is 2.51. The van der Waals surface area contributed by atoms with E-state index in [4.69, 9.17) is 11.6 Å². The molecule has 1 atom stereocenters. The number of carbonyl (C=O) groups excluding carboxylic acids is 2. The first kappa shape index (κ1) is 15.8. The second-order valence-electron chi connectivity index (χ2n) is 5.09. The Labute approximate surface area is 129 Å². The molecule has 0 radical (unpaired) electrons. The molecular weight excluding hydrogens is 290 g/mol. The van der Waals surface area contributed by atoms with Crippen LogP contribution >= 0.6 is 11.6 Å². The summed E-state index contributed by atoms with van der Waals surface area (Å²) < 4.78 is 0. The predicted molar refractivity (Wildman–Crippen MR) is 83.7 cm³/mol. The Morgan fingerprint density at radius 2 is 2.24 bits per heavy atom. The number of hydrogen-bond donors (Lipinski definition) is 3. The fraction of sp³-hybridized carbons (Fsp3) is 0.467. The van der Waals surface area contributed by atoms with Crippen molar-refractivity contribution in [2.24, 2.45) is 0 Å². The van der Waals surface area contributed by atoms with Gasteiger partial charge in [-0.1, -0.05) is 11.6 Å². The molecule has 1 aliphatic heterocycles. The van der Waals surface area contributed by atoms with Crippen LogP contribution in [0.25, 0.3) is 0 Å². The summed E-state index contributed by atoms with van der Waals surface area (Å²) in [5.74, 6) is -0.328. The summed E-state index contributed by atoms with van der Waals surface area (Å²) in [6.45, 7) is 3.33. The quantitative estimate of drug-likeness (QED) is 0.780. The molecule has 0 spiro atoms. The van der Waals surface area contributed by atoms with E-state index >= 15 is 0 Å². The van der Waals surface area contributed by atoms with Gasteiger partial charge in [-0.05, 0) is 44.5 Å². The van der Waals surface area contributed by atoms with Gasteiger partial charge in [0.1, 0.15) is 0 Å². The molecule has 114 valence electrons. The highest BCUT2D eigenvalue weighted by Crippen LogP contribution is 2.22. The summed E-state index contributed by atoms with van der Waals surface area (Å²) in [7, 11) is 0. The second-order valence-corrected chi connectivity index (χ2v) is 5.53. The van der Waals surface area contributed by atoms with Crippen LogP contribution in [0.15, 0.2) is 18.2 Å². The zero-order chi connectivity index (χ0) is 15.2. The fourth-order valence-corrected chi connectivity index (χ4v) is 2.60. The Morgan fingerprint density at radius 3 is 2.90 bits per heavy atom. The van der Waals surface area contributed by atoms with Crippen LogP contribution in [0.4, 0.5) is 5.69 Å². The van der Waals surface area contributed by atoms with E-state index in [-0.39, 0.29) is 17.9 Å². The largest absolute Gasteiger partial charge is 0.352 e. The van der Waals surface area contributed by atoms with Crippen LogP contribution in [-0.2, 0) is 4.79 Å². The van der Waals surface area contributed by atoms with Crippen molar-refractivity contribution in [1.29, 1.82) is 0 Å². The molecule has 1 aliphatic rings. The van der Waals surface area contributed by atoms with Gasteiger partial charge in [-0.2, -0.15) is 0 Å². The maximum absolute atomic E-state index is 12.1. The predicted octanol–water partition coefficient (Wildman–Crippen LogP) is 2.17. The molecule has 1 saturated heterocycles. The lowest BCUT2D eigenvalue weighted by atomic mass is 10.1. The number of hydrogen-bond acceptors (Lipinski definition) is 3. The Kier molecular flexibility index (Phi) is 5.59. The highest BCUT2D eigenvalue weighted by atomic mass is 35.5. The molecule has 0 aliphatic carbocycles. The smallest absolute Gasteiger partial charge is 0.253 e. The van der Waals surface area contributed by atoms with Crippen molar-refractivity contribution in [3.8, 4) is 0 Å². The molecule has 0 saturated carbocycles. The zero-order valence-corrected chi connectivity index (χ0v) is 12.8. The number of nitrogens with one attached hydrogen (secondary N) is 3. The SMILES string of the molecule is CCNC(=O)c1ccc(Cl)cc1NC(=O)CC1CCCN1. The minimum atomic E-state index is -0.219. The van der Waals surface area contributed by atoms with Gasteiger partial charge in [0.25, 0.3) is 5.91 Å². The molecule has 5 nitrogen and oxygen atoms in total. The van der Waals surface area contributed by atoms with E-state index in [0.29, 0.717) is 29.2 Å². The van der Waals surface area contributed by atoms with Gasteiger partial charge in [0.2, 0.25) is 5.91 Å². The minimum Gasteiger partial charge on any atom is -0.352 e. The molecule has 1 aromatic rings. The van der Waals surface area contributed by atoms with E-state index in [2.05, 4.69) is 16.0 Å². The monoisotopic (exact) mass is 309 g/mol. The molecule has 2 rings (SSSR count). The minimum absolute atomic E-state index is 0.109. The van der Waals surface area contributed by atoms with Gasteiger partial charge < -0.3 is 16.0 Å². The molecule has 2 amide bonds. The average molecular weight is 310 g/mol. The molecular formula is C15H20ClN3O2. The van der Waals surface area contributed by atoms with E-state index in [1.165, 1.54) is 0 Å². The topological polar surface area (TPSA) is 70.2 Å². The van der Waals surface area contributed by atoms with Gasteiger partial charge in [0.15, 0.2) is 0 Å². The van der Waals surface area contributed by atoms with Crippen LogP contribution in [0.2, 0.25) is 5.02 Å². The number of halogens is 1. The van der Waals surface area contributed by atoms with E-state index in [1.807, 2.05) is 6.92 Å². The Balaban J connectivity index is 2.08. The number of amides is 2. The summed E-state index contributed by atoms with van der Waals surface area (Å²) in [6, 6.07) is 5.08. The first-order valence-corrected chi connectivity index (χ1v) is 7.59. The first-order valence-electron chi connectivity index (χ1n) is 7.21. The molecule has 21 heavy (non-hydrogen) atoms. The lowest BCUT2D eigenvalue weighted by Crippen LogP contribution is -2.29. The Hall–Kier alpha value is -1.59. The van der Waals surface area contributed by atoms with Crippen molar-refractivity contribution in [3.63, 3.8) is 0 Å². The number of benzene rings is 1. The molecule has 0 bridgehead atoms. The van der Waals surface area contributed by atoms with Crippen molar-refractivity contribution < 1.29 is 9.59 Å². The normalized spacial score (nSPS) is 17.5. The summed E-state index contributed by atoms with van der Waals surface area (Å²) in [5, 5.41) is 9.28. The van der Waals surface area contributed by atoms with Crippen LogP contribution in [0.3, 0.4) is 0 Å². The van der Waals surface area contributed by atoms with Crippen molar-refractivity contribution >= 4 is 29.1 Å². The Bertz CT molecular complexity index is 528. The van der Waals surface area contributed by atoms with Gasteiger partial charge in [0, 0.05) is 24.0 Å². The standard InChI is InChI=1S/C15H20ClN3O2/c1-2-17-15(21)12-6-5-10(16)8-13(12)19-14(20)9-11-4-3-7-18-11/h5-6,8,11,18H,2-4,7,9H2,1H3,(H,17,21)(H,19,20). The highest BCUT2D eigenvalue weighted by Gasteiger charge is 2.19. The average Bonchev–Trinajstić information content (AvgIpc) is 2.91. The maximum atomic E-state index is 12.1. The zero-order valence-electron chi connectivity index (χ0n) is 12.0. The molecule has 1 unspecified atom stereocenters. The van der Waals surface area contributed by atoms with Crippen LogP contribution in [0.1, 0.15) is 36.5 Å². The van der Waals surface area contributed by atoms with Crippen LogP contribution in [0.5, 0.6) is 0 Å². The lowest BCUT2D eigenvalue weighted by Gasteiger charge is -2.13. The van der Waals surface area contributed by atoms with Crippen molar-refractivity contribution in [2.75, 3.05) is 18.4 Å². The summed E-state index contributed by atoms with van der Waals surface area (Å²) in [4.78, 5) is 24.1. The number of carbonyl (C=O) groups is 2. The number of anilines is 1. The summed E-state index contributed by atoms with van der Waals surface area (Å²) in [5.41, 5.74) is 0.880. The maximum Gasteiger partial charge on any atom is 0.253 e. The van der Waals surface area contributed by atoms with Gasteiger partial charge in [-0.25, -0.2) is 0 Å². The summed E-state index contributed by atoms with van der Waals surface area (Å²) >= 11 is 5.96. The second kappa shape index (κ2) is 7.43. The van der Waals surface area contributed by atoms with Gasteiger partial charge in [-0.3, -0.25) is 9.59 Å². The molecule has 1 aromatic carbocycles. The number of rotatable bonds is 5. The van der Waals surface area contributed by atoms with E-state index < -0.39 is 0 Å². The highest BCUT2D eigenvalue weighted by molar-refractivity contribution is 6.31. The third-order valence-corrected chi connectivity index (χ3v) is 3.67. The van der Waals surface area contributed by atoms with E-state index in [9.17, 15) is 9.59 Å². The van der Waals surface area contributed by atoms with Crippen LogP contribution < -0.4 is 16.0 Å². The van der Waals surface area contributed by atoms with Crippen molar-refractivity contribution in [2.45, 2.75) is 32.2 Å². The van der Waals surface area contributed by atoms with Gasteiger partial charge in [-0.15, -0.1) is 0 Å². The van der Waals surface area contributed by atoms with Crippen molar-refractivity contribution in [3.05, 3.63) is 28.8 Å². The van der Waals surface area contributed by atoms with Crippen molar-refractivity contribution in [1.82, 2.24) is 10.6 Å². The van der Waals surface area contributed by atoms with E-state index in [0.717, 1.165) is 19.4 Å². The Morgan fingerprint density at radius 1 is 1.43 bits per heavy atom. The third-order valence-electron chi connectivity index (χ3n) is 3.43. The first-order chi connectivity index (χ1) is 10.1. The van der Waals surface area contributed by atoms with Crippen LogP contribution in [-0.4, -0.2) is 30.9 Å². The molecule has 3 N–H and O–H groups in total. The molecule has 1 fully saturated rings. The molecule has 0 aromatic heterocycles. The fourth-order valence-electron chi connectivity index (χ4n) is 2.43. The van der Waals surface area contributed by atoms with E-state index in [1.54, 1.807) is 18.2 Å².